The van der Waals surface area contributed by atoms with Gasteiger partial charge in [-0.3, -0.25) is 4.79 Å². The molecule has 1 aliphatic carbocycles. The molecule has 1 aromatic rings. The van der Waals surface area contributed by atoms with Crippen LogP contribution < -0.4 is 0 Å². The lowest BCUT2D eigenvalue weighted by atomic mass is 9.91. The Morgan fingerprint density at radius 2 is 1.88 bits per heavy atom. The topological polar surface area (TPSA) is 17.1 Å². The highest BCUT2D eigenvalue weighted by molar-refractivity contribution is 5.89. The molecule has 16 heavy (non-hydrogen) atoms. The van der Waals surface area contributed by atoms with Gasteiger partial charge >= 0.3 is 0 Å². The monoisotopic (exact) mass is 212 g/mol. The average molecular weight is 212 g/mol. The molecule has 0 amide bonds. The molecular weight excluding hydrogens is 196 g/mol. The molecule has 82 valence electrons. The molecule has 2 rings (SSSR count). The van der Waals surface area contributed by atoms with Gasteiger partial charge in [-0.25, -0.2) is 0 Å². The Bertz CT molecular complexity index is 492. The van der Waals surface area contributed by atoms with Crippen LogP contribution in [-0.4, -0.2) is 6.29 Å². The molecule has 0 radical (unpaired) electrons. The first-order chi connectivity index (χ1) is 7.65. The zero-order valence-corrected chi connectivity index (χ0v) is 9.95. The molecule has 0 N–H and O–H groups in total. The third-order valence-corrected chi connectivity index (χ3v) is 3.33. The molecule has 0 fully saturated rings. The number of benzene rings is 1. The van der Waals surface area contributed by atoms with Crippen molar-refractivity contribution >= 4 is 11.9 Å². The molecule has 0 aliphatic heterocycles. The van der Waals surface area contributed by atoms with Crippen molar-refractivity contribution in [2.45, 2.75) is 20.8 Å². The first kappa shape index (κ1) is 10.9. The Morgan fingerprint density at radius 3 is 2.44 bits per heavy atom. The van der Waals surface area contributed by atoms with E-state index in [9.17, 15) is 4.79 Å². The summed E-state index contributed by atoms with van der Waals surface area (Å²) >= 11 is 0. The largest absolute Gasteiger partial charge is 0.298 e. The number of rotatable bonds is 2. The Hall–Kier alpha value is -1.63. The molecule has 0 saturated heterocycles. The molecular formula is C15H16O. The van der Waals surface area contributed by atoms with E-state index in [4.69, 9.17) is 0 Å². The van der Waals surface area contributed by atoms with Gasteiger partial charge in [0.25, 0.3) is 0 Å². The van der Waals surface area contributed by atoms with Gasteiger partial charge in [0, 0.05) is 11.5 Å². The summed E-state index contributed by atoms with van der Waals surface area (Å²) in [4.78, 5) is 11.0. The lowest BCUT2D eigenvalue weighted by Crippen LogP contribution is -1.97. The van der Waals surface area contributed by atoms with E-state index in [-0.39, 0.29) is 0 Å². The van der Waals surface area contributed by atoms with Crippen LogP contribution in [0.5, 0.6) is 0 Å². The van der Waals surface area contributed by atoms with Gasteiger partial charge in [-0.1, -0.05) is 42.8 Å². The van der Waals surface area contributed by atoms with E-state index in [0.717, 1.165) is 17.4 Å². The van der Waals surface area contributed by atoms with Gasteiger partial charge in [0.2, 0.25) is 0 Å². The smallest absolute Gasteiger partial charge is 0.150 e. The Morgan fingerprint density at radius 1 is 1.19 bits per heavy atom. The van der Waals surface area contributed by atoms with Crippen LogP contribution in [0.15, 0.2) is 41.5 Å². The van der Waals surface area contributed by atoms with Crippen molar-refractivity contribution in [3.63, 3.8) is 0 Å². The van der Waals surface area contributed by atoms with Crippen molar-refractivity contribution in [2.24, 2.45) is 5.92 Å². The van der Waals surface area contributed by atoms with Gasteiger partial charge in [-0.05, 0) is 30.6 Å². The minimum absolute atomic E-state index is 0.404. The number of carbonyl (C=O) groups is 1. The highest BCUT2D eigenvalue weighted by Crippen LogP contribution is 2.38. The van der Waals surface area contributed by atoms with Crippen molar-refractivity contribution in [1.82, 2.24) is 0 Å². The van der Waals surface area contributed by atoms with Crippen molar-refractivity contribution in [3.05, 3.63) is 52.6 Å². The second kappa shape index (κ2) is 4.09. The lowest BCUT2D eigenvalue weighted by Gasteiger charge is -2.12. The number of carbonyl (C=O) groups excluding carboxylic acids is 1. The SMILES string of the molecule is CC1=CC(C)C(c2ccccc2C=O)=C1C. The van der Waals surface area contributed by atoms with Gasteiger partial charge in [-0.2, -0.15) is 0 Å². The van der Waals surface area contributed by atoms with E-state index in [2.05, 4.69) is 26.8 Å². The summed E-state index contributed by atoms with van der Waals surface area (Å²) in [6, 6.07) is 7.81. The Balaban J connectivity index is 2.58. The van der Waals surface area contributed by atoms with Gasteiger partial charge in [0.05, 0.1) is 0 Å². The average Bonchev–Trinajstić information content (AvgIpc) is 2.53. The van der Waals surface area contributed by atoms with Crippen LogP contribution in [0.1, 0.15) is 36.7 Å². The van der Waals surface area contributed by atoms with Gasteiger partial charge in [-0.15, -0.1) is 0 Å². The molecule has 1 heteroatoms. The van der Waals surface area contributed by atoms with Crippen LogP contribution in [0, 0.1) is 5.92 Å². The van der Waals surface area contributed by atoms with Crippen LogP contribution in [0.2, 0.25) is 0 Å². The van der Waals surface area contributed by atoms with Gasteiger partial charge < -0.3 is 0 Å². The zero-order chi connectivity index (χ0) is 11.7. The highest BCUT2D eigenvalue weighted by Gasteiger charge is 2.20. The zero-order valence-electron chi connectivity index (χ0n) is 9.95. The maximum absolute atomic E-state index is 11.0. The molecule has 0 bridgehead atoms. The second-order valence-electron chi connectivity index (χ2n) is 4.38. The summed E-state index contributed by atoms with van der Waals surface area (Å²) in [6.07, 6.45) is 3.20. The van der Waals surface area contributed by atoms with Gasteiger partial charge in [0.1, 0.15) is 0 Å². The second-order valence-corrected chi connectivity index (χ2v) is 4.38. The first-order valence-corrected chi connectivity index (χ1v) is 5.59. The molecule has 1 nitrogen and oxygen atoms in total. The fourth-order valence-corrected chi connectivity index (χ4v) is 2.43. The summed E-state index contributed by atoms with van der Waals surface area (Å²) in [5.41, 5.74) is 5.78. The van der Waals surface area contributed by atoms with Crippen LogP contribution in [0.3, 0.4) is 0 Å². The summed E-state index contributed by atoms with van der Waals surface area (Å²) in [6.45, 7) is 6.44. The predicted molar refractivity (Wildman–Crippen MR) is 67.3 cm³/mol. The number of allylic oxidation sites excluding steroid dienone is 4. The van der Waals surface area contributed by atoms with Crippen molar-refractivity contribution in [2.75, 3.05) is 0 Å². The molecule has 0 aromatic heterocycles. The summed E-state index contributed by atoms with van der Waals surface area (Å²) in [5, 5.41) is 0. The van der Waals surface area contributed by atoms with Crippen LogP contribution in [-0.2, 0) is 0 Å². The van der Waals surface area contributed by atoms with E-state index in [1.54, 1.807) is 0 Å². The molecule has 0 spiro atoms. The molecule has 1 atom stereocenters. The van der Waals surface area contributed by atoms with E-state index >= 15 is 0 Å². The maximum atomic E-state index is 11.0. The number of aldehydes is 1. The normalized spacial score (nSPS) is 19.9. The summed E-state index contributed by atoms with van der Waals surface area (Å²) in [7, 11) is 0. The highest BCUT2D eigenvalue weighted by atomic mass is 16.1. The van der Waals surface area contributed by atoms with Crippen LogP contribution in [0.4, 0.5) is 0 Å². The Kier molecular flexibility index (Phi) is 2.78. The van der Waals surface area contributed by atoms with E-state index in [1.807, 2.05) is 24.3 Å². The van der Waals surface area contributed by atoms with E-state index in [1.165, 1.54) is 16.7 Å². The van der Waals surface area contributed by atoms with Gasteiger partial charge in [0.15, 0.2) is 6.29 Å². The fourth-order valence-electron chi connectivity index (χ4n) is 2.43. The minimum Gasteiger partial charge on any atom is -0.298 e. The third-order valence-electron chi connectivity index (χ3n) is 3.33. The van der Waals surface area contributed by atoms with Crippen molar-refractivity contribution in [1.29, 1.82) is 0 Å². The van der Waals surface area contributed by atoms with Crippen molar-refractivity contribution in [3.8, 4) is 0 Å². The summed E-state index contributed by atoms with van der Waals surface area (Å²) in [5.74, 6) is 0.404. The van der Waals surface area contributed by atoms with E-state index < -0.39 is 0 Å². The molecule has 0 saturated carbocycles. The summed E-state index contributed by atoms with van der Waals surface area (Å²) < 4.78 is 0. The Labute approximate surface area is 96.5 Å². The number of hydrogen-bond acceptors (Lipinski definition) is 1. The minimum atomic E-state index is 0.404. The molecule has 1 unspecified atom stereocenters. The van der Waals surface area contributed by atoms with Crippen molar-refractivity contribution < 1.29 is 4.79 Å². The fraction of sp³-hybridized carbons (Fsp3) is 0.267. The maximum Gasteiger partial charge on any atom is 0.150 e. The molecule has 1 aliphatic rings. The molecule has 1 aromatic carbocycles. The standard InChI is InChI=1S/C15H16O/c1-10-8-11(2)15(12(10)3)14-7-5-4-6-13(14)9-16/h4-9,11H,1-3H3. The predicted octanol–water partition coefficient (Wildman–Crippen LogP) is 3.87. The number of hydrogen-bond donors (Lipinski definition) is 0. The van der Waals surface area contributed by atoms with Crippen LogP contribution in [0.25, 0.3) is 5.57 Å². The lowest BCUT2D eigenvalue weighted by molar-refractivity contribution is 0.112. The first-order valence-electron chi connectivity index (χ1n) is 5.59. The van der Waals surface area contributed by atoms with Crippen LogP contribution >= 0.6 is 0 Å². The molecule has 0 heterocycles. The van der Waals surface area contributed by atoms with E-state index in [0.29, 0.717) is 5.92 Å². The quantitative estimate of drug-likeness (QED) is 0.680. The third kappa shape index (κ3) is 1.63.